The third-order valence-corrected chi connectivity index (χ3v) is 3.97. The van der Waals surface area contributed by atoms with Gasteiger partial charge >= 0.3 is 0 Å². The fourth-order valence-electron chi connectivity index (χ4n) is 2.53. The molecule has 0 aromatic heterocycles. The molecule has 4 heteroatoms. The van der Waals surface area contributed by atoms with E-state index >= 15 is 0 Å². The highest BCUT2D eigenvalue weighted by Gasteiger charge is 2.47. The maximum atomic E-state index is 11.7. The summed E-state index contributed by atoms with van der Waals surface area (Å²) in [6, 6.07) is 8.23. The maximum Gasteiger partial charge on any atom is 0.239 e. The van der Waals surface area contributed by atoms with Crippen LogP contribution in [0.25, 0.3) is 0 Å². The van der Waals surface area contributed by atoms with Gasteiger partial charge in [0.1, 0.15) is 5.54 Å². The number of carbonyl (C=O) groups is 1. The lowest BCUT2D eigenvalue weighted by atomic mass is 9.92. The van der Waals surface area contributed by atoms with Crippen molar-refractivity contribution in [1.82, 2.24) is 0 Å². The number of carbonyl (C=O) groups excluding carboxylic acids is 1. The average molecular weight is 261 g/mol. The molecule has 1 saturated carbocycles. The number of anilines is 1. The summed E-state index contributed by atoms with van der Waals surface area (Å²) in [4.78, 5) is 13.9. The summed E-state index contributed by atoms with van der Waals surface area (Å²) >= 11 is 0. The number of aryl methyl sites for hydroxylation is 1. The van der Waals surface area contributed by atoms with Gasteiger partial charge in [-0.05, 0) is 50.3 Å². The first-order valence-electron chi connectivity index (χ1n) is 6.87. The van der Waals surface area contributed by atoms with Crippen molar-refractivity contribution in [2.24, 2.45) is 17.4 Å². The number of hydrogen-bond acceptors (Lipinski definition) is 3. The Morgan fingerprint density at radius 2 is 2.16 bits per heavy atom. The van der Waals surface area contributed by atoms with Crippen LogP contribution in [0.15, 0.2) is 24.3 Å². The van der Waals surface area contributed by atoms with Crippen LogP contribution >= 0.6 is 0 Å². The lowest BCUT2D eigenvalue weighted by molar-refractivity contribution is -0.123. The second kappa shape index (κ2) is 5.21. The first-order valence-corrected chi connectivity index (χ1v) is 6.87. The Balaban J connectivity index is 2.20. The van der Waals surface area contributed by atoms with E-state index in [0.29, 0.717) is 6.54 Å². The maximum absolute atomic E-state index is 11.7. The first-order chi connectivity index (χ1) is 8.97. The molecule has 1 aliphatic rings. The summed E-state index contributed by atoms with van der Waals surface area (Å²) in [5.74, 6) is -0.148. The molecular formula is C15H23N3O. The van der Waals surface area contributed by atoms with E-state index in [0.717, 1.165) is 25.1 Å². The van der Waals surface area contributed by atoms with Gasteiger partial charge in [0.2, 0.25) is 5.91 Å². The zero-order valence-corrected chi connectivity index (χ0v) is 11.7. The van der Waals surface area contributed by atoms with Crippen molar-refractivity contribution in [1.29, 1.82) is 0 Å². The van der Waals surface area contributed by atoms with Gasteiger partial charge in [-0.15, -0.1) is 0 Å². The number of rotatable bonds is 6. The molecule has 19 heavy (non-hydrogen) atoms. The molecule has 2 rings (SSSR count). The Labute approximate surface area is 114 Å². The van der Waals surface area contributed by atoms with Gasteiger partial charge in [0, 0.05) is 18.8 Å². The second-order valence-electron chi connectivity index (χ2n) is 5.53. The van der Waals surface area contributed by atoms with Crippen molar-refractivity contribution >= 4 is 11.6 Å². The van der Waals surface area contributed by atoms with E-state index in [-0.39, 0.29) is 11.8 Å². The van der Waals surface area contributed by atoms with E-state index < -0.39 is 5.54 Å². The SMILES string of the molecule is CCN(CC(N)(C(N)=O)C1CC1)c1cccc(C)c1. The van der Waals surface area contributed by atoms with E-state index in [1.165, 1.54) is 5.56 Å². The van der Waals surface area contributed by atoms with Gasteiger partial charge in [0.25, 0.3) is 0 Å². The molecule has 1 aliphatic carbocycles. The van der Waals surface area contributed by atoms with Gasteiger partial charge in [-0.2, -0.15) is 0 Å². The third-order valence-electron chi connectivity index (χ3n) is 3.97. The molecular weight excluding hydrogens is 238 g/mol. The molecule has 1 amide bonds. The molecule has 1 aromatic rings. The molecule has 0 bridgehead atoms. The third kappa shape index (κ3) is 2.89. The van der Waals surface area contributed by atoms with Crippen molar-refractivity contribution < 1.29 is 4.79 Å². The van der Waals surface area contributed by atoms with Crippen LogP contribution in [0.2, 0.25) is 0 Å². The molecule has 1 unspecified atom stereocenters. The summed E-state index contributed by atoms with van der Waals surface area (Å²) in [7, 11) is 0. The zero-order chi connectivity index (χ0) is 14.0. The minimum absolute atomic E-state index is 0.240. The molecule has 0 radical (unpaired) electrons. The molecule has 1 fully saturated rings. The quantitative estimate of drug-likeness (QED) is 0.813. The van der Waals surface area contributed by atoms with Crippen molar-refractivity contribution in [2.45, 2.75) is 32.2 Å². The van der Waals surface area contributed by atoms with Gasteiger partial charge in [-0.25, -0.2) is 0 Å². The van der Waals surface area contributed by atoms with E-state index in [1.54, 1.807) is 0 Å². The minimum atomic E-state index is -0.903. The summed E-state index contributed by atoms with van der Waals surface area (Å²) in [6.07, 6.45) is 2.01. The largest absolute Gasteiger partial charge is 0.369 e. The molecule has 0 spiro atoms. The smallest absolute Gasteiger partial charge is 0.239 e. The van der Waals surface area contributed by atoms with Crippen molar-refractivity contribution in [3.05, 3.63) is 29.8 Å². The molecule has 0 heterocycles. The van der Waals surface area contributed by atoms with Gasteiger partial charge < -0.3 is 16.4 Å². The van der Waals surface area contributed by atoms with Gasteiger partial charge in [0.15, 0.2) is 0 Å². The van der Waals surface area contributed by atoms with E-state index in [2.05, 4.69) is 30.9 Å². The molecule has 104 valence electrons. The van der Waals surface area contributed by atoms with Crippen molar-refractivity contribution in [3.63, 3.8) is 0 Å². The van der Waals surface area contributed by atoms with Crippen LogP contribution in [0.5, 0.6) is 0 Å². The Bertz CT molecular complexity index is 470. The predicted octanol–water partition coefficient (Wildman–Crippen LogP) is 1.41. The highest BCUT2D eigenvalue weighted by molar-refractivity contribution is 5.86. The second-order valence-corrected chi connectivity index (χ2v) is 5.53. The topological polar surface area (TPSA) is 72.3 Å². The Kier molecular flexibility index (Phi) is 3.80. The fourth-order valence-corrected chi connectivity index (χ4v) is 2.53. The molecule has 4 nitrogen and oxygen atoms in total. The molecule has 4 N–H and O–H groups in total. The summed E-state index contributed by atoms with van der Waals surface area (Å²) in [5.41, 5.74) is 13.2. The monoisotopic (exact) mass is 261 g/mol. The molecule has 0 saturated heterocycles. The highest BCUT2D eigenvalue weighted by Crippen LogP contribution is 2.39. The molecule has 0 aliphatic heterocycles. The van der Waals surface area contributed by atoms with Gasteiger partial charge in [-0.1, -0.05) is 12.1 Å². The number of nitrogens with zero attached hydrogens (tertiary/aromatic N) is 1. The number of primary amides is 1. The fraction of sp³-hybridized carbons (Fsp3) is 0.533. The summed E-state index contributed by atoms with van der Waals surface area (Å²) < 4.78 is 0. The predicted molar refractivity (Wildman–Crippen MR) is 77.9 cm³/mol. The van der Waals surface area contributed by atoms with Crippen LogP contribution < -0.4 is 16.4 Å². The lowest BCUT2D eigenvalue weighted by Crippen LogP contribution is -2.60. The molecule has 1 aromatic carbocycles. The highest BCUT2D eigenvalue weighted by atomic mass is 16.1. The van der Waals surface area contributed by atoms with E-state index in [4.69, 9.17) is 11.5 Å². The van der Waals surface area contributed by atoms with Crippen LogP contribution in [0.3, 0.4) is 0 Å². The van der Waals surface area contributed by atoms with Crippen molar-refractivity contribution in [3.8, 4) is 0 Å². The number of likely N-dealkylation sites (N-methyl/N-ethyl adjacent to an activating group) is 1. The number of amides is 1. The number of hydrogen-bond donors (Lipinski definition) is 2. The Hall–Kier alpha value is -1.55. The summed E-state index contributed by atoms with van der Waals surface area (Å²) in [6.45, 7) is 5.42. The van der Waals surface area contributed by atoms with Crippen LogP contribution in [0.1, 0.15) is 25.3 Å². The van der Waals surface area contributed by atoms with Crippen LogP contribution in [0.4, 0.5) is 5.69 Å². The normalized spacial score (nSPS) is 17.8. The number of benzene rings is 1. The van der Waals surface area contributed by atoms with E-state index in [9.17, 15) is 4.79 Å². The van der Waals surface area contributed by atoms with Crippen LogP contribution in [-0.2, 0) is 4.79 Å². The van der Waals surface area contributed by atoms with Crippen LogP contribution in [-0.4, -0.2) is 24.5 Å². The Morgan fingerprint density at radius 3 is 2.63 bits per heavy atom. The minimum Gasteiger partial charge on any atom is -0.369 e. The van der Waals surface area contributed by atoms with Crippen molar-refractivity contribution in [2.75, 3.05) is 18.0 Å². The van der Waals surface area contributed by atoms with E-state index in [1.807, 2.05) is 12.1 Å². The van der Waals surface area contributed by atoms with Gasteiger partial charge in [-0.3, -0.25) is 4.79 Å². The zero-order valence-electron chi connectivity index (χ0n) is 11.7. The summed E-state index contributed by atoms with van der Waals surface area (Å²) in [5, 5.41) is 0. The van der Waals surface area contributed by atoms with Gasteiger partial charge in [0.05, 0.1) is 0 Å². The lowest BCUT2D eigenvalue weighted by Gasteiger charge is -2.34. The Morgan fingerprint density at radius 1 is 1.47 bits per heavy atom. The first kappa shape index (κ1) is 13.9. The average Bonchev–Trinajstić information content (AvgIpc) is 3.19. The number of nitrogens with two attached hydrogens (primary N) is 2. The standard InChI is InChI=1S/C15H23N3O/c1-3-18(13-6-4-5-11(2)9-13)10-15(17,14(16)19)12-7-8-12/h4-6,9,12H,3,7-8,10,17H2,1-2H3,(H2,16,19). The molecule has 1 atom stereocenters. The van der Waals surface area contributed by atoms with Crippen LogP contribution in [0, 0.1) is 12.8 Å².